The molecule has 6 heterocycles. The molecule has 4 saturated heterocycles. The first kappa shape index (κ1) is 30.6. The second-order valence-electron chi connectivity index (χ2n) is 13.8. The van der Waals surface area contributed by atoms with Gasteiger partial charge >= 0.3 is 6.01 Å². The van der Waals surface area contributed by atoms with Gasteiger partial charge in [-0.25, -0.2) is 18.2 Å². The number of halogens is 4. The minimum absolute atomic E-state index is 0.0152. The van der Waals surface area contributed by atoms with Crippen molar-refractivity contribution in [3.05, 3.63) is 34.9 Å². The Morgan fingerprint density at radius 1 is 1.12 bits per heavy atom. The monoisotopic (exact) mass is 698 g/mol. The Hall–Kier alpha value is -3.46. The molecule has 0 bridgehead atoms. The zero-order valence-electron chi connectivity index (χ0n) is 26.0. The van der Waals surface area contributed by atoms with Crippen LogP contribution in [0, 0.1) is 17.6 Å². The molecular formula is C33H34ClF3N8O2S. The number of carbonyl (C=O) groups excluding carboxylic acids is 1. The molecule has 252 valence electrons. The van der Waals surface area contributed by atoms with Crippen LogP contribution < -0.4 is 20.7 Å². The maximum absolute atomic E-state index is 16.8. The van der Waals surface area contributed by atoms with E-state index in [1.807, 2.05) is 9.80 Å². The van der Waals surface area contributed by atoms with Crippen LogP contribution in [0.4, 0.5) is 24.1 Å². The lowest BCUT2D eigenvalue weighted by molar-refractivity contribution is -0.131. The third kappa shape index (κ3) is 5.05. The van der Waals surface area contributed by atoms with Crippen molar-refractivity contribution in [2.75, 3.05) is 56.5 Å². The largest absolute Gasteiger partial charge is 0.461 e. The number of nitrogen functional groups attached to an aromatic ring is 1. The highest BCUT2D eigenvalue weighted by Gasteiger charge is 2.52. The summed E-state index contributed by atoms with van der Waals surface area (Å²) in [4.78, 5) is 32.8. The van der Waals surface area contributed by atoms with Crippen LogP contribution in [0.15, 0.2) is 18.2 Å². The number of nitrogens with zero attached hydrogens (tertiary/aromatic N) is 6. The Morgan fingerprint density at radius 3 is 2.73 bits per heavy atom. The summed E-state index contributed by atoms with van der Waals surface area (Å²) in [6, 6.07) is 4.47. The van der Waals surface area contributed by atoms with Gasteiger partial charge in [-0.15, -0.1) is 0 Å². The van der Waals surface area contributed by atoms with Crippen LogP contribution in [0.2, 0.25) is 5.02 Å². The molecule has 9 rings (SSSR count). The van der Waals surface area contributed by atoms with E-state index in [1.54, 1.807) is 6.07 Å². The summed E-state index contributed by atoms with van der Waals surface area (Å²) in [5.74, 6) is -0.0619. The minimum atomic E-state index is -0.930. The van der Waals surface area contributed by atoms with E-state index in [9.17, 15) is 13.6 Å². The zero-order chi connectivity index (χ0) is 32.9. The molecule has 4 atom stereocenters. The molecule has 2 aromatic carbocycles. The van der Waals surface area contributed by atoms with Crippen LogP contribution in [0.1, 0.15) is 32.1 Å². The molecule has 1 aliphatic carbocycles. The topological polar surface area (TPSA) is 123 Å². The number of fused-ring (bicyclic) bond motifs is 3. The third-order valence-corrected chi connectivity index (χ3v) is 12.0. The average Bonchev–Trinajstić information content (AvgIpc) is 3.96. The number of hydrogen-bond donors (Lipinski definition) is 2. The normalized spacial score (nSPS) is 27.3. The van der Waals surface area contributed by atoms with E-state index in [0.29, 0.717) is 62.3 Å². The molecule has 0 radical (unpaired) electrons. The predicted octanol–water partition coefficient (Wildman–Crippen LogP) is 4.77. The number of alkyl halides is 1. The van der Waals surface area contributed by atoms with E-state index in [-0.39, 0.29) is 61.6 Å². The van der Waals surface area contributed by atoms with Crippen molar-refractivity contribution in [3.8, 4) is 17.1 Å². The van der Waals surface area contributed by atoms with E-state index in [4.69, 9.17) is 27.1 Å². The molecule has 1 amide bonds. The smallest absolute Gasteiger partial charge is 0.319 e. The van der Waals surface area contributed by atoms with Gasteiger partial charge in [0.2, 0.25) is 5.91 Å². The number of benzene rings is 2. The molecule has 2 aromatic heterocycles. The van der Waals surface area contributed by atoms with Gasteiger partial charge in [-0.05, 0) is 56.3 Å². The lowest BCUT2D eigenvalue weighted by Crippen LogP contribution is -2.50. The molecule has 15 heteroatoms. The van der Waals surface area contributed by atoms with Crippen LogP contribution >= 0.6 is 22.9 Å². The first-order valence-corrected chi connectivity index (χ1v) is 17.7. The maximum Gasteiger partial charge on any atom is 0.319 e. The first-order valence-electron chi connectivity index (χ1n) is 16.6. The predicted molar refractivity (Wildman–Crippen MR) is 178 cm³/mol. The molecule has 48 heavy (non-hydrogen) atoms. The van der Waals surface area contributed by atoms with Crippen LogP contribution in [0.25, 0.3) is 32.2 Å². The third-order valence-electron chi connectivity index (χ3n) is 10.8. The molecular weight excluding hydrogens is 665 g/mol. The molecule has 1 saturated carbocycles. The second-order valence-corrected chi connectivity index (χ2v) is 15.2. The van der Waals surface area contributed by atoms with E-state index in [0.717, 1.165) is 30.7 Å². The number of hydrogen-bond acceptors (Lipinski definition) is 10. The summed E-state index contributed by atoms with van der Waals surface area (Å²) in [7, 11) is 0. The van der Waals surface area contributed by atoms with Gasteiger partial charge in [0.05, 0.1) is 20.8 Å². The number of anilines is 2. The first-order chi connectivity index (χ1) is 23.2. The Kier molecular flexibility index (Phi) is 7.19. The molecule has 5 fully saturated rings. The van der Waals surface area contributed by atoms with E-state index in [2.05, 4.69) is 20.2 Å². The summed E-state index contributed by atoms with van der Waals surface area (Å²) in [6.07, 6.45) is 3.54. The quantitative estimate of drug-likeness (QED) is 0.263. The SMILES string of the molecule is Nc1nc2c(-c3c(Cl)cc4c(N5CCN(C(=O)[C@@H]6N[C@H]6C6CC6)CC5)nc(OC[C@@]56CCCN5C[C@H](F)C6)nc4c3F)ccc(F)c2s1. The van der Waals surface area contributed by atoms with E-state index in [1.165, 1.54) is 25.0 Å². The highest BCUT2D eigenvalue weighted by atomic mass is 35.5. The highest BCUT2D eigenvalue weighted by Crippen LogP contribution is 2.44. The second kappa shape index (κ2) is 11.3. The lowest BCUT2D eigenvalue weighted by Gasteiger charge is -2.36. The Bertz CT molecular complexity index is 1970. The minimum Gasteiger partial charge on any atom is -0.461 e. The number of ether oxygens (including phenoxy) is 1. The summed E-state index contributed by atoms with van der Waals surface area (Å²) in [5, 5.41) is 3.96. The van der Waals surface area contributed by atoms with Crippen molar-refractivity contribution in [3.63, 3.8) is 0 Å². The van der Waals surface area contributed by atoms with Gasteiger partial charge in [-0.2, -0.15) is 9.97 Å². The van der Waals surface area contributed by atoms with Crippen molar-refractivity contribution >= 4 is 60.9 Å². The molecule has 4 aromatic rings. The number of rotatable bonds is 7. The van der Waals surface area contributed by atoms with Crippen molar-refractivity contribution < 1.29 is 22.7 Å². The van der Waals surface area contributed by atoms with Gasteiger partial charge in [0.1, 0.15) is 36.0 Å². The Balaban J connectivity index is 1.08. The fourth-order valence-corrected chi connectivity index (χ4v) is 9.19. The lowest BCUT2D eigenvalue weighted by atomic mass is 9.95. The standard InChI is InChI=1S/C33H34ClF3N8O2S/c34-20-12-19-25(23(37)22(20)18-4-5-21(36)28-26(18)40-31(38)48-28)41-32(47-15-33-6-1-7-45(33)14-17(35)13-33)42-29(19)43-8-10-44(11-9-43)30(46)27-24(39-27)16-2-3-16/h4-5,12,16-17,24,27,39H,1-3,6-11,13-15H2,(H2,38,40)/t17-,24+,27-,33+/m1/s1. The van der Waals surface area contributed by atoms with Crippen molar-refractivity contribution in [1.29, 1.82) is 0 Å². The highest BCUT2D eigenvalue weighted by molar-refractivity contribution is 7.22. The van der Waals surface area contributed by atoms with E-state index >= 15 is 4.39 Å². The van der Waals surface area contributed by atoms with Crippen LogP contribution in [0.3, 0.4) is 0 Å². The van der Waals surface area contributed by atoms with Crippen LogP contribution in [-0.4, -0.2) is 100 Å². The summed E-state index contributed by atoms with van der Waals surface area (Å²) in [5.41, 5.74) is 5.96. The Morgan fingerprint density at radius 2 is 1.94 bits per heavy atom. The zero-order valence-corrected chi connectivity index (χ0v) is 27.6. The molecule has 0 spiro atoms. The van der Waals surface area contributed by atoms with Gasteiger partial charge in [-0.1, -0.05) is 22.9 Å². The number of amides is 1. The van der Waals surface area contributed by atoms with Gasteiger partial charge in [0.25, 0.3) is 0 Å². The van der Waals surface area contributed by atoms with Crippen molar-refractivity contribution in [2.24, 2.45) is 5.92 Å². The van der Waals surface area contributed by atoms with Gasteiger partial charge < -0.3 is 20.3 Å². The van der Waals surface area contributed by atoms with Gasteiger partial charge in [0.15, 0.2) is 10.9 Å². The number of aromatic nitrogens is 3. The molecule has 4 aliphatic heterocycles. The number of carbonyl (C=O) groups is 1. The van der Waals surface area contributed by atoms with Crippen LogP contribution in [0.5, 0.6) is 6.01 Å². The number of piperazine rings is 1. The molecule has 0 unspecified atom stereocenters. The Labute approximate surface area is 283 Å². The van der Waals surface area contributed by atoms with Gasteiger partial charge in [-0.3, -0.25) is 15.0 Å². The maximum atomic E-state index is 16.8. The number of thiazole rings is 1. The number of nitrogens with two attached hydrogens (primary N) is 1. The molecule has 5 aliphatic rings. The summed E-state index contributed by atoms with van der Waals surface area (Å²) in [6.45, 7) is 3.26. The summed E-state index contributed by atoms with van der Waals surface area (Å²) >= 11 is 7.79. The molecule has 3 N–H and O–H groups in total. The van der Waals surface area contributed by atoms with Crippen molar-refractivity contribution in [2.45, 2.75) is 55.9 Å². The van der Waals surface area contributed by atoms with E-state index < -0.39 is 23.3 Å². The average molecular weight is 699 g/mol. The fraction of sp³-hybridized carbons (Fsp3) is 0.515. The van der Waals surface area contributed by atoms with Crippen molar-refractivity contribution in [1.82, 2.24) is 30.1 Å². The molecule has 10 nitrogen and oxygen atoms in total. The van der Waals surface area contributed by atoms with Gasteiger partial charge in [0, 0.05) is 61.7 Å². The number of nitrogens with one attached hydrogen (secondary N) is 1. The summed E-state index contributed by atoms with van der Waals surface area (Å²) < 4.78 is 52.4. The fourth-order valence-electron chi connectivity index (χ4n) is 8.13. The van der Waals surface area contributed by atoms with Crippen LogP contribution in [-0.2, 0) is 4.79 Å².